The maximum atomic E-state index is 11.4. The Labute approximate surface area is 91.2 Å². The summed E-state index contributed by atoms with van der Waals surface area (Å²) in [5.41, 5.74) is 5.77. The highest BCUT2D eigenvalue weighted by Gasteiger charge is 2.13. The van der Waals surface area contributed by atoms with E-state index in [9.17, 15) is 4.79 Å². The van der Waals surface area contributed by atoms with E-state index in [4.69, 9.17) is 5.73 Å². The normalized spacial score (nSPS) is 14.9. The summed E-state index contributed by atoms with van der Waals surface area (Å²) in [5, 5.41) is 2.89. The summed E-state index contributed by atoms with van der Waals surface area (Å²) in [6, 6.07) is 0.210. The Bertz CT molecular complexity index is 164. The summed E-state index contributed by atoms with van der Waals surface area (Å²) >= 11 is 1.63. The average molecular weight is 218 g/mol. The molecule has 4 heteroatoms. The summed E-state index contributed by atoms with van der Waals surface area (Å²) in [4.78, 5) is 11.4. The van der Waals surface area contributed by atoms with Crippen LogP contribution >= 0.6 is 11.8 Å². The van der Waals surface area contributed by atoms with Gasteiger partial charge in [0.15, 0.2) is 0 Å². The molecule has 0 rings (SSSR count). The Morgan fingerprint density at radius 3 is 2.64 bits per heavy atom. The fourth-order valence-electron chi connectivity index (χ4n) is 0.853. The van der Waals surface area contributed by atoms with Gasteiger partial charge < -0.3 is 11.1 Å². The van der Waals surface area contributed by atoms with Crippen LogP contribution in [0.5, 0.6) is 0 Å². The van der Waals surface area contributed by atoms with Crippen molar-refractivity contribution in [1.29, 1.82) is 0 Å². The van der Waals surface area contributed by atoms with Crippen molar-refractivity contribution >= 4 is 17.7 Å². The number of hydrogen-bond donors (Lipinski definition) is 2. The third-order valence-corrected chi connectivity index (χ3v) is 3.34. The van der Waals surface area contributed by atoms with E-state index < -0.39 is 0 Å². The summed E-state index contributed by atoms with van der Waals surface area (Å²) < 4.78 is 0. The lowest BCUT2D eigenvalue weighted by atomic mass is 10.3. The third kappa shape index (κ3) is 6.27. The maximum absolute atomic E-state index is 11.4. The van der Waals surface area contributed by atoms with Crippen LogP contribution in [0.15, 0.2) is 0 Å². The number of thioether (sulfide) groups is 1. The Balaban J connectivity index is 3.61. The molecule has 0 aromatic carbocycles. The molecule has 3 N–H and O–H groups in total. The number of carbonyl (C=O) groups excluding carboxylic acids is 1. The van der Waals surface area contributed by atoms with Crippen molar-refractivity contribution in [3.05, 3.63) is 0 Å². The minimum Gasteiger partial charge on any atom is -0.355 e. The van der Waals surface area contributed by atoms with E-state index in [0.29, 0.717) is 0 Å². The maximum Gasteiger partial charge on any atom is 0.232 e. The van der Waals surface area contributed by atoms with Gasteiger partial charge in [0.25, 0.3) is 0 Å². The van der Waals surface area contributed by atoms with Crippen LogP contribution in [0, 0.1) is 0 Å². The quantitative estimate of drug-likeness (QED) is 0.678. The van der Waals surface area contributed by atoms with Gasteiger partial charge in [-0.05, 0) is 19.8 Å². The van der Waals surface area contributed by atoms with Gasteiger partial charge >= 0.3 is 0 Å². The number of rotatable bonds is 7. The van der Waals surface area contributed by atoms with E-state index in [0.717, 1.165) is 25.1 Å². The molecule has 0 aromatic heterocycles. The first-order valence-corrected chi connectivity index (χ1v) is 6.31. The predicted molar refractivity (Wildman–Crippen MR) is 63.5 cm³/mol. The first-order valence-electron chi connectivity index (χ1n) is 5.26. The molecule has 0 spiro atoms. The van der Waals surface area contributed by atoms with Crippen molar-refractivity contribution in [2.75, 3.05) is 12.3 Å². The molecule has 0 heterocycles. The minimum absolute atomic E-state index is 0.0131. The topological polar surface area (TPSA) is 55.1 Å². The van der Waals surface area contributed by atoms with Crippen LogP contribution in [0.3, 0.4) is 0 Å². The Hall–Kier alpha value is -0.220. The molecule has 0 aliphatic carbocycles. The molecule has 0 aliphatic rings. The van der Waals surface area contributed by atoms with Crippen LogP contribution in [0.25, 0.3) is 0 Å². The minimum atomic E-state index is 0.0131. The second-order valence-electron chi connectivity index (χ2n) is 3.43. The zero-order chi connectivity index (χ0) is 11.0. The largest absolute Gasteiger partial charge is 0.355 e. The summed E-state index contributed by atoms with van der Waals surface area (Å²) in [6.45, 7) is 6.81. The molecule has 0 saturated heterocycles. The van der Waals surface area contributed by atoms with Gasteiger partial charge in [-0.15, -0.1) is 11.8 Å². The number of amides is 1. The van der Waals surface area contributed by atoms with Crippen LogP contribution < -0.4 is 11.1 Å². The molecule has 14 heavy (non-hydrogen) atoms. The Kier molecular flexibility index (Phi) is 7.99. The molecule has 0 saturated carbocycles. The molecule has 2 unspecified atom stereocenters. The smallest absolute Gasteiger partial charge is 0.232 e. The van der Waals surface area contributed by atoms with Gasteiger partial charge in [0.1, 0.15) is 0 Å². The SMILES string of the molecule is CCCNC(=O)C(C)SCC(N)CC. The lowest BCUT2D eigenvalue weighted by Gasteiger charge is -2.13. The van der Waals surface area contributed by atoms with Gasteiger partial charge in [-0.1, -0.05) is 13.8 Å². The van der Waals surface area contributed by atoms with Gasteiger partial charge in [-0.2, -0.15) is 0 Å². The number of nitrogens with one attached hydrogen (secondary N) is 1. The first-order chi connectivity index (χ1) is 6.61. The van der Waals surface area contributed by atoms with Crippen LogP contribution in [-0.2, 0) is 4.79 Å². The fourth-order valence-corrected chi connectivity index (χ4v) is 1.86. The average Bonchev–Trinajstić information content (AvgIpc) is 2.21. The van der Waals surface area contributed by atoms with Crippen LogP contribution in [-0.4, -0.2) is 29.5 Å². The standard InChI is InChI=1S/C10H22N2OS/c1-4-6-12-10(13)8(3)14-7-9(11)5-2/h8-9H,4-7,11H2,1-3H3,(H,12,13). The van der Waals surface area contributed by atoms with Crippen molar-refractivity contribution in [2.45, 2.75) is 44.9 Å². The summed E-state index contributed by atoms with van der Waals surface area (Å²) in [7, 11) is 0. The van der Waals surface area contributed by atoms with Crippen LogP contribution in [0.4, 0.5) is 0 Å². The van der Waals surface area contributed by atoms with Gasteiger partial charge in [-0.25, -0.2) is 0 Å². The Morgan fingerprint density at radius 2 is 2.14 bits per heavy atom. The van der Waals surface area contributed by atoms with Gasteiger partial charge in [0.2, 0.25) is 5.91 Å². The third-order valence-electron chi connectivity index (χ3n) is 2.00. The molecule has 2 atom stereocenters. The van der Waals surface area contributed by atoms with Gasteiger partial charge in [0, 0.05) is 18.3 Å². The monoisotopic (exact) mass is 218 g/mol. The van der Waals surface area contributed by atoms with E-state index in [-0.39, 0.29) is 17.2 Å². The zero-order valence-corrected chi connectivity index (χ0v) is 10.2. The molecule has 0 bridgehead atoms. The first kappa shape index (κ1) is 13.8. The highest BCUT2D eigenvalue weighted by molar-refractivity contribution is 8.00. The number of nitrogens with two attached hydrogens (primary N) is 1. The van der Waals surface area contributed by atoms with E-state index in [1.807, 2.05) is 13.8 Å². The Morgan fingerprint density at radius 1 is 1.50 bits per heavy atom. The lowest BCUT2D eigenvalue weighted by molar-refractivity contribution is -0.120. The second kappa shape index (κ2) is 8.12. The molecule has 0 aliphatic heterocycles. The predicted octanol–water partition coefficient (Wildman–Crippen LogP) is 1.37. The lowest BCUT2D eigenvalue weighted by Crippen LogP contribution is -2.33. The molecule has 84 valence electrons. The molecule has 3 nitrogen and oxygen atoms in total. The van der Waals surface area contributed by atoms with E-state index in [1.54, 1.807) is 11.8 Å². The van der Waals surface area contributed by atoms with Crippen molar-refractivity contribution in [3.8, 4) is 0 Å². The van der Waals surface area contributed by atoms with E-state index in [2.05, 4.69) is 12.2 Å². The van der Waals surface area contributed by atoms with Crippen molar-refractivity contribution < 1.29 is 4.79 Å². The molecular formula is C10H22N2OS. The van der Waals surface area contributed by atoms with Crippen LogP contribution in [0.2, 0.25) is 0 Å². The molecule has 0 aromatic rings. The van der Waals surface area contributed by atoms with E-state index in [1.165, 1.54) is 0 Å². The number of hydrogen-bond acceptors (Lipinski definition) is 3. The highest BCUT2D eigenvalue weighted by Crippen LogP contribution is 2.12. The fraction of sp³-hybridized carbons (Fsp3) is 0.900. The summed E-state index contributed by atoms with van der Waals surface area (Å²) in [5.74, 6) is 0.983. The van der Waals surface area contributed by atoms with Crippen LogP contribution in [0.1, 0.15) is 33.6 Å². The molecule has 0 radical (unpaired) electrons. The molecular weight excluding hydrogens is 196 g/mol. The highest BCUT2D eigenvalue weighted by atomic mass is 32.2. The zero-order valence-electron chi connectivity index (χ0n) is 9.38. The summed E-state index contributed by atoms with van der Waals surface area (Å²) in [6.07, 6.45) is 1.95. The van der Waals surface area contributed by atoms with Gasteiger partial charge in [-0.3, -0.25) is 4.79 Å². The molecule has 1 amide bonds. The van der Waals surface area contributed by atoms with E-state index >= 15 is 0 Å². The van der Waals surface area contributed by atoms with Crippen molar-refractivity contribution in [2.24, 2.45) is 5.73 Å². The van der Waals surface area contributed by atoms with Crippen molar-refractivity contribution in [1.82, 2.24) is 5.32 Å². The second-order valence-corrected chi connectivity index (χ2v) is 4.81. The van der Waals surface area contributed by atoms with Crippen molar-refractivity contribution in [3.63, 3.8) is 0 Å². The van der Waals surface area contributed by atoms with Gasteiger partial charge in [0.05, 0.1) is 5.25 Å². The molecule has 0 fully saturated rings. The number of carbonyl (C=O) groups is 1.